The largest absolute Gasteiger partial charge is 0.673 e. The van der Waals surface area contributed by atoms with Gasteiger partial charge in [-0.05, 0) is 24.2 Å². The molecule has 2 rings (SSSR count). The third-order valence-corrected chi connectivity index (χ3v) is 4.74. The first kappa shape index (κ1) is 16.5. The lowest BCUT2D eigenvalue weighted by molar-refractivity contribution is -0.147. The first-order valence-electron chi connectivity index (χ1n) is 6.58. The van der Waals surface area contributed by atoms with Crippen molar-refractivity contribution in [3.63, 3.8) is 0 Å². The van der Waals surface area contributed by atoms with Gasteiger partial charge in [0.1, 0.15) is 17.8 Å². The van der Waals surface area contributed by atoms with Crippen LogP contribution >= 0.6 is 0 Å². The van der Waals surface area contributed by atoms with Gasteiger partial charge in [0.15, 0.2) is 6.61 Å². The molecule has 0 aromatic carbocycles. The Morgan fingerprint density at radius 2 is 1.84 bits per heavy atom. The summed E-state index contributed by atoms with van der Waals surface area (Å²) in [6.07, 6.45) is 3.12. The fourth-order valence-corrected chi connectivity index (χ4v) is 3.44. The Hall–Kier alpha value is -0.585. The summed E-state index contributed by atoms with van der Waals surface area (Å²) in [4.78, 5) is 12.0. The van der Waals surface area contributed by atoms with Crippen LogP contribution in [0.4, 0.5) is 17.3 Å². The van der Waals surface area contributed by atoms with Gasteiger partial charge in [0.2, 0.25) is 0 Å². The molecule has 2 fully saturated rings. The molecule has 2 bridgehead atoms. The quantitative estimate of drug-likeness (QED) is 0.444. The smallest absolute Gasteiger partial charge is 0.433 e. The zero-order chi connectivity index (χ0) is 14.9. The Balaban J connectivity index is 0.000000312. The van der Waals surface area contributed by atoms with E-state index < -0.39 is 7.25 Å². The molecule has 0 aliphatic heterocycles. The van der Waals surface area contributed by atoms with Crippen LogP contribution in [0.2, 0.25) is 0 Å². The number of hydrogen-bond acceptors (Lipinski definition) is 1. The molecule has 1 N–H and O–H groups in total. The van der Waals surface area contributed by atoms with E-state index in [1.165, 1.54) is 6.42 Å². The molecule has 0 saturated heterocycles. The lowest BCUT2D eigenvalue weighted by Crippen LogP contribution is -2.41. The number of rotatable bonds is 3. The van der Waals surface area contributed by atoms with Crippen LogP contribution in [-0.2, 0) is 4.79 Å². The number of aliphatic hydroxyl groups is 2. The van der Waals surface area contributed by atoms with Crippen molar-refractivity contribution in [2.75, 3.05) is 13.2 Å². The molecule has 0 heterocycles. The summed E-state index contributed by atoms with van der Waals surface area (Å²) in [5, 5.41) is 0. The molecular formula is C12H21BF4O2. The summed E-state index contributed by atoms with van der Waals surface area (Å²) >= 11 is 0. The van der Waals surface area contributed by atoms with Crippen LogP contribution in [0.15, 0.2) is 0 Å². The third kappa shape index (κ3) is 3.30. The summed E-state index contributed by atoms with van der Waals surface area (Å²) in [6.45, 7) is 8.19. The van der Waals surface area contributed by atoms with E-state index in [1.807, 2.05) is 0 Å². The molecule has 2 aliphatic rings. The van der Waals surface area contributed by atoms with Crippen LogP contribution < -0.4 is 0 Å². The maximum absolute atomic E-state index is 12.0. The lowest BCUT2D eigenvalue weighted by atomic mass is 9.69. The second-order valence-corrected chi connectivity index (χ2v) is 5.86. The molecule has 0 aromatic heterocycles. The van der Waals surface area contributed by atoms with E-state index in [0.717, 1.165) is 26.1 Å². The van der Waals surface area contributed by atoms with Crippen molar-refractivity contribution >= 4 is 13.0 Å². The number of Topliss-reactive ketones (excluding diaryl/α,β-unsaturated/α-hetero) is 1. The highest BCUT2D eigenvalue weighted by Crippen LogP contribution is 2.63. The number of ether oxygens (including phenoxy) is 1. The van der Waals surface area contributed by atoms with Gasteiger partial charge >= 0.3 is 7.25 Å². The van der Waals surface area contributed by atoms with Gasteiger partial charge in [-0.1, -0.05) is 13.8 Å². The molecule has 2 nitrogen and oxygen atoms in total. The molecule has 0 amide bonds. The average Bonchev–Trinajstić information content (AvgIpc) is 2.57. The van der Waals surface area contributed by atoms with Gasteiger partial charge in [-0.25, -0.2) is 0 Å². The third-order valence-electron chi connectivity index (χ3n) is 4.74. The van der Waals surface area contributed by atoms with E-state index in [2.05, 4.69) is 25.5 Å². The Morgan fingerprint density at radius 1 is 1.32 bits per heavy atom. The number of carbonyl (C=O) groups excluding carboxylic acids is 1. The van der Waals surface area contributed by atoms with Crippen LogP contribution in [0.3, 0.4) is 0 Å². The molecular weight excluding hydrogens is 263 g/mol. The summed E-state index contributed by atoms with van der Waals surface area (Å²) in [5.41, 5.74) is 0.108. The number of hydrogen-bond donors (Lipinski definition) is 0. The molecule has 2 atom stereocenters. The van der Waals surface area contributed by atoms with Crippen molar-refractivity contribution in [1.82, 2.24) is 0 Å². The number of fused-ring (bicyclic) bond motifs is 2. The molecule has 2 aliphatic carbocycles. The van der Waals surface area contributed by atoms with Crippen LogP contribution in [0.5, 0.6) is 0 Å². The zero-order valence-corrected chi connectivity index (χ0v) is 11.6. The Labute approximate surface area is 111 Å². The van der Waals surface area contributed by atoms with Crippen LogP contribution in [0, 0.1) is 16.7 Å². The molecule has 7 heteroatoms. The minimum absolute atomic E-state index is 0.0896. The zero-order valence-electron chi connectivity index (χ0n) is 11.6. The predicted molar refractivity (Wildman–Crippen MR) is 66.4 cm³/mol. The van der Waals surface area contributed by atoms with Crippen LogP contribution in [-0.4, -0.2) is 31.0 Å². The van der Waals surface area contributed by atoms with Gasteiger partial charge in [-0.15, -0.1) is 0 Å². The fraction of sp³-hybridized carbons (Fsp3) is 0.917. The van der Waals surface area contributed by atoms with E-state index in [9.17, 15) is 22.1 Å². The highest BCUT2D eigenvalue weighted by Gasteiger charge is 2.65. The monoisotopic (exact) mass is 284 g/mol. The molecule has 0 aromatic rings. The predicted octanol–water partition coefficient (Wildman–Crippen LogP) is 3.23. The van der Waals surface area contributed by atoms with Gasteiger partial charge in [0.25, 0.3) is 0 Å². The topological polar surface area (TPSA) is 29.9 Å². The van der Waals surface area contributed by atoms with E-state index in [-0.39, 0.29) is 10.8 Å². The van der Waals surface area contributed by atoms with Crippen molar-refractivity contribution in [2.24, 2.45) is 16.7 Å². The van der Waals surface area contributed by atoms with E-state index >= 15 is 0 Å². The van der Waals surface area contributed by atoms with Gasteiger partial charge in [0, 0.05) is 13.3 Å². The van der Waals surface area contributed by atoms with Gasteiger partial charge in [0.05, 0.1) is 0 Å². The standard InChI is InChI=1S/C12H20O2.BF4/c1-4-14-8-12-6-5-9(7-10(12)13)11(12,2)3;2-1(3,4)5/h9H,4-8H2,1-3H3;/q;-1/p+1. The minimum Gasteiger partial charge on any atom is -0.433 e. The molecule has 2 unspecified atom stereocenters. The Morgan fingerprint density at radius 3 is 2.16 bits per heavy atom. The van der Waals surface area contributed by atoms with E-state index in [4.69, 9.17) is 0 Å². The number of ketones is 1. The van der Waals surface area contributed by atoms with Crippen molar-refractivity contribution in [3.05, 3.63) is 0 Å². The molecule has 0 spiro atoms. The average molecular weight is 284 g/mol. The summed E-state index contributed by atoms with van der Waals surface area (Å²) in [7, 11) is -6.00. The Kier molecular flexibility index (Phi) is 4.70. The normalized spacial score (nSPS) is 32.2. The first-order chi connectivity index (χ1) is 8.54. The summed E-state index contributed by atoms with van der Waals surface area (Å²) in [6, 6.07) is 0. The van der Waals surface area contributed by atoms with Crippen molar-refractivity contribution in [3.8, 4) is 0 Å². The molecule has 19 heavy (non-hydrogen) atoms. The van der Waals surface area contributed by atoms with Crippen molar-refractivity contribution in [1.29, 1.82) is 0 Å². The first-order valence-corrected chi connectivity index (χ1v) is 6.58. The molecule has 0 radical (unpaired) electrons. The second-order valence-electron chi connectivity index (χ2n) is 5.86. The maximum Gasteiger partial charge on any atom is 0.673 e. The minimum atomic E-state index is -6.00. The SMILES string of the molecule is CC[OH+]CC12CCC(CC1=O)C2(C)C.F[B-](F)(F)F. The highest BCUT2D eigenvalue weighted by atomic mass is 19.5. The van der Waals surface area contributed by atoms with E-state index in [0.29, 0.717) is 11.7 Å². The molecule has 2 saturated carbocycles. The second kappa shape index (κ2) is 5.42. The Bertz CT molecular complexity index is 337. The highest BCUT2D eigenvalue weighted by molar-refractivity contribution is 6.50. The van der Waals surface area contributed by atoms with Gasteiger partial charge in [-0.3, -0.25) is 4.79 Å². The fourth-order valence-electron chi connectivity index (χ4n) is 3.44. The van der Waals surface area contributed by atoms with Gasteiger partial charge < -0.3 is 22.0 Å². The van der Waals surface area contributed by atoms with Crippen molar-refractivity contribution in [2.45, 2.75) is 40.0 Å². The number of carbonyl (C=O) groups is 1. The summed E-state index contributed by atoms with van der Waals surface area (Å²) < 4.78 is 43.4. The number of halogens is 4. The molecule has 112 valence electrons. The van der Waals surface area contributed by atoms with E-state index in [1.54, 1.807) is 0 Å². The van der Waals surface area contributed by atoms with Crippen molar-refractivity contribution < 1.29 is 26.8 Å². The maximum atomic E-state index is 12.0. The lowest BCUT2D eigenvalue weighted by Gasteiger charge is -2.33. The van der Waals surface area contributed by atoms with Gasteiger partial charge in [-0.2, -0.15) is 0 Å². The summed E-state index contributed by atoms with van der Waals surface area (Å²) in [5.74, 6) is 1.11. The van der Waals surface area contributed by atoms with Crippen LogP contribution in [0.1, 0.15) is 40.0 Å². The van der Waals surface area contributed by atoms with Crippen LogP contribution in [0.25, 0.3) is 0 Å².